The van der Waals surface area contributed by atoms with E-state index in [2.05, 4.69) is 34.4 Å². The third-order valence-electron chi connectivity index (χ3n) is 4.20. The Hall–Kier alpha value is -2.92. The summed E-state index contributed by atoms with van der Waals surface area (Å²) in [6.07, 6.45) is 2.99. The molecule has 1 amide bonds. The number of hydrogen-bond acceptors (Lipinski definition) is 4. The van der Waals surface area contributed by atoms with Gasteiger partial charge in [-0.05, 0) is 36.1 Å². The van der Waals surface area contributed by atoms with Crippen LogP contribution in [-0.4, -0.2) is 15.9 Å². The minimum Gasteiger partial charge on any atom is -0.323 e. The summed E-state index contributed by atoms with van der Waals surface area (Å²) < 4.78 is 0. The van der Waals surface area contributed by atoms with E-state index in [0.717, 1.165) is 16.8 Å². The normalized spacial score (nSPS) is 10.7. The van der Waals surface area contributed by atoms with Crippen LogP contribution in [-0.2, 0) is 0 Å². The van der Waals surface area contributed by atoms with Crippen LogP contribution in [0.1, 0.15) is 41.3 Å². The van der Waals surface area contributed by atoms with E-state index < -0.39 is 0 Å². The Morgan fingerprint density at radius 3 is 2.41 bits per heavy atom. The first kappa shape index (κ1) is 18.9. The lowest BCUT2D eigenvalue weighted by atomic mass is 9.98. The smallest absolute Gasteiger partial charge is 0.258 e. The van der Waals surface area contributed by atoms with Gasteiger partial charge in [0.2, 0.25) is 5.95 Å². The predicted octanol–water partition coefficient (Wildman–Crippen LogP) is 5.56. The zero-order valence-corrected chi connectivity index (χ0v) is 16.2. The molecule has 0 aliphatic carbocycles. The molecule has 5 nitrogen and oxygen atoms in total. The molecule has 0 saturated carbocycles. The standard InChI is InChI=1S/C21H21ClN4O/c1-13(2)16-8-6-7-14(3)19(16)26-20(27)15-11-23-21(24-12-15)25-18-10-5-4-9-17(18)22/h4-13H,1-3H3,(H,26,27)(H,23,24,25). The van der Waals surface area contributed by atoms with E-state index in [-0.39, 0.29) is 5.91 Å². The number of amides is 1. The van der Waals surface area contributed by atoms with Crippen LogP contribution in [0, 0.1) is 6.92 Å². The lowest BCUT2D eigenvalue weighted by molar-refractivity contribution is 0.102. The van der Waals surface area contributed by atoms with Crippen LogP contribution in [0.4, 0.5) is 17.3 Å². The van der Waals surface area contributed by atoms with Gasteiger partial charge in [-0.3, -0.25) is 4.79 Å². The minimum absolute atomic E-state index is 0.240. The summed E-state index contributed by atoms with van der Waals surface area (Å²) in [6.45, 7) is 6.18. The van der Waals surface area contributed by atoms with Gasteiger partial charge in [0.1, 0.15) is 0 Å². The number of hydrogen-bond donors (Lipinski definition) is 2. The number of carbonyl (C=O) groups excluding carboxylic acids is 1. The first-order valence-electron chi connectivity index (χ1n) is 8.70. The van der Waals surface area contributed by atoms with E-state index in [0.29, 0.717) is 28.1 Å². The molecule has 27 heavy (non-hydrogen) atoms. The third-order valence-corrected chi connectivity index (χ3v) is 4.53. The van der Waals surface area contributed by atoms with Gasteiger partial charge in [-0.1, -0.05) is 55.8 Å². The van der Waals surface area contributed by atoms with Gasteiger partial charge in [0, 0.05) is 18.1 Å². The Bertz CT molecular complexity index is 955. The van der Waals surface area contributed by atoms with Gasteiger partial charge in [-0.2, -0.15) is 0 Å². The monoisotopic (exact) mass is 380 g/mol. The second-order valence-electron chi connectivity index (χ2n) is 6.55. The average Bonchev–Trinajstić information content (AvgIpc) is 2.65. The van der Waals surface area contributed by atoms with Gasteiger partial charge in [0.05, 0.1) is 16.3 Å². The Labute approximate surface area is 163 Å². The number of carbonyl (C=O) groups is 1. The molecule has 0 atom stereocenters. The SMILES string of the molecule is Cc1cccc(C(C)C)c1NC(=O)c1cnc(Nc2ccccc2Cl)nc1. The fraction of sp³-hybridized carbons (Fsp3) is 0.190. The molecule has 0 fully saturated rings. The quantitative estimate of drug-likeness (QED) is 0.608. The number of benzene rings is 2. The molecule has 138 valence electrons. The second-order valence-corrected chi connectivity index (χ2v) is 6.96. The molecule has 0 unspecified atom stereocenters. The number of nitrogens with one attached hydrogen (secondary N) is 2. The van der Waals surface area contributed by atoms with E-state index >= 15 is 0 Å². The van der Waals surface area contributed by atoms with Gasteiger partial charge in [-0.25, -0.2) is 9.97 Å². The van der Waals surface area contributed by atoms with Crippen molar-refractivity contribution in [2.24, 2.45) is 0 Å². The van der Waals surface area contributed by atoms with Crippen molar-refractivity contribution in [3.05, 3.63) is 76.6 Å². The van der Waals surface area contributed by atoms with Gasteiger partial charge < -0.3 is 10.6 Å². The molecular weight excluding hydrogens is 360 g/mol. The van der Waals surface area contributed by atoms with E-state index in [1.54, 1.807) is 6.07 Å². The summed E-state index contributed by atoms with van der Waals surface area (Å²) in [5, 5.41) is 6.60. The molecule has 0 aliphatic rings. The summed E-state index contributed by atoms with van der Waals surface area (Å²) in [5.41, 5.74) is 4.06. The van der Waals surface area contributed by atoms with Gasteiger partial charge in [0.25, 0.3) is 5.91 Å². The summed E-state index contributed by atoms with van der Waals surface area (Å²) in [6, 6.07) is 13.3. The highest BCUT2D eigenvalue weighted by Crippen LogP contribution is 2.28. The lowest BCUT2D eigenvalue weighted by Gasteiger charge is -2.16. The van der Waals surface area contributed by atoms with E-state index in [9.17, 15) is 4.79 Å². The zero-order valence-electron chi connectivity index (χ0n) is 15.5. The molecule has 2 N–H and O–H groups in total. The Morgan fingerprint density at radius 1 is 1.04 bits per heavy atom. The van der Waals surface area contributed by atoms with Gasteiger partial charge in [-0.15, -0.1) is 0 Å². The fourth-order valence-electron chi connectivity index (χ4n) is 2.72. The average molecular weight is 381 g/mol. The van der Waals surface area contributed by atoms with Crippen LogP contribution in [0.15, 0.2) is 54.9 Å². The van der Waals surface area contributed by atoms with Crippen LogP contribution in [0.3, 0.4) is 0 Å². The highest BCUT2D eigenvalue weighted by molar-refractivity contribution is 6.33. The number of nitrogens with zero attached hydrogens (tertiary/aromatic N) is 2. The van der Waals surface area contributed by atoms with Crippen molar-refractivity contribution in [3.8, 4) is 0 Å². The van der Waals surface area contributed by atoms with Crippen LogP contribution in [0.25, 0.3) is 0 Å². The van der Waals surface area contributed by atoms with Gasteiger partial charge >= 0.3 is 0 Å². The number of aromatic nitrogens is 2. The maximum absolute atomic E-state index is 12.6. The van der Waals surface area contributed by atoms with Crippen molar-refractivity contribution in [2.75, 3.05) is 10.6 Å². The highest BCUT2D eigenvalue weighted by atomic mass is 35.5. The Morgan fingerprint density at radius 2 is 1.74 bits per heavy atom. The summed E-state index contributed by atoms with van der Waals surface area (Å²) in [5.74, 6) is 0.438. The summed E-state index contributed by atoms with van der Waals surface area (Å²) >= 11 is 6.12. The molecule has 0 radical (unpaired) electrons. The van der Waals surface area contributed by atoms with E-state index in [4.69, 9.17) is 11.6 Å². The zero-order chi connectivity index (χ0) is 19.4. The fourth-order valence-corrected chi connectivity index (χ4v) is 2.90. The van der Waals surface area contributed by atoms with Gasteiger partial charge in [0.15, 0.2) is 0 Å². The molecule has 3 rings (SSSR count). The van der Waals surface area contributed by atoms with Crippen LogP contribution < -0.4 is 10.6 Å². The van der Waals surface area contributed by atoms with E-state index in [1.807, 2.05) is 43.3 Å². The Balaban J connectivity index is 1.76. The molecule has 0 aliphatic heterocycles. The van der Waals surface area contributed by atoms with Crippen molar-refractivity contribution in [1.29, 1.82) is 0 Å². The van der Waals surface area contributed by atoms with Crippen molar-refractivity contribution in [2.45, 2.75) is 26.7 Å². The first-order chi connectivity index (χ1) is 13.0. The maximum atomic E-state index is 12.6. The number of aryl methyl sites for hydroxylation is 1. The molecule has 3 aromatic rings. The lowest BCUT2D eigenvalue weighted by Crippen LogP contribution is -2.15. The number of rotatable bonds is 5. The predicted molar refractivity (Wildman–Crippen MR) is 110 cm³/mol. The summed E-state index contributed by atoms with van der Waals surface area (Å²) in [4.78, 5) is 21.1. The molecule has 1 heterocycles. The maximum Gasteiger partial charge on any atom is 0.258 e. The molecular formula is C21H21ClN4O. The minimum atomic E-state index is -0.240. The summed E-state index contributed by atoms with van der Waals surface area (Å²) in [7, 11) is 0. The largest absolute Gasteiger partial charge is 0.323 e. The molecule has 1 aromatic heterocycles. The Kier molecular flexibility index (Phi) is 5.72. The van der Waals surface area contributed by atoms with Crippen molar-refractivity contribution >= 4 is 34.8 Å². The first-order valence-corrected chi connectivity index (χ1v) is 9.08. The highest BCUT2D eigenvalue weighted by Gasteiger charge is 2.14. The number of halogens is 1. The van der Waals surface area contributed by atoms with Crippen molar-refractivity contribution < 1.29 is 4.79 Å². The number of anilines is 3. The molecule has 0 saturated heterocycles. The second kappa shape index (κ2) is 8.18. The van der Waals surface area contributed by atoms with Crippen molar-refractivity contribution in [3.63, 3.8) is 0 Å². The van der Waals surface area contributed by atoms with Crippen LogP contribution in [0.2, 0.25) is 5.02 Å². The van der Waals surface area contributed by atoms with Crippen LogP contribution in [0.5, 0.6) is 0 Å². The topological polar surface area (TPSA) is 66.9 Å². The van der Waals surface area contributed by atoms with E-state index in [1.165, 1.54) is 12.4 Å². The molecule has 0 bridgehead atoms. The van der Waals surface area contributed by atoms with Crippen LogP contribution >= 0.6 is 11.6 Å². The number of para-hydroxylation sites is 2. The van der Waals surface area contributed by atoms with Crippen molar-refractivity contribution in [1.82, 2.24) is 9.97 Å². The molecule has 2 aromatic carbocycles. The molecule has 0 spiro atoms. The molecule has 6 heteroatoms. The third kappa shape index (κ3) is 4.44.